The third kappa shape index (κ3) is 3.65. The lowest BCUT2D eigenvalue weighted by Gasteiger charge is -2.07. The second-order valence-electron chi connectivity index (χ2n) is 4.01. The van der Waals surface area contributed by atoms with Crippen molar-refractivity contribution in [2.24, 2.45) is 4.99 Å². The van der Waals surface area contributed by atoms with Crippen LogP contribution in [0.1, 0.15) is 12.5 Å². The van der Waals surface area contributed by atoms with Gasteiger partial charge in [-0.3, -0.25) is 4.99 Å². The lowest BCUT2D eigenvalue weighted by Crippen LogP contribution is -1.95. The quantitative estimate of drug-likeness (QED) is 0.820. The molecular weight excluding hydrogens is 297 g/mol. The molecule has 0 saturated carbocycles. The van der Waals surface area contributed by atoms with Gasteiger partial charge < -0.3 is 9.84 Å². The third-order valence-electron chi connectivity index (χ3n) is 2.55. The van der Waals surface area contributed by atoms with Gasteiger partial charge in [0.1, 0.15) is 17.2 Å². The number of aliphatic imine (C=N–C) groups is 1. The lowest BCUT2D eigenvalue weighted by molar-refractivity contribution is 0.340. The summed E-state index contributed by atoms with van der Waals surface area (Å²) in [5, 5.41) is 10.8. The summed E-state index contributed by atoms with van der Waals surface area (Å²) in [5.41, 5.74) is 1.17. The van der Waals surface area contributed by atoms with Crippen LogP contribution < -0.4 is 4.74 Å². The number of nitrogens with zero attached hydrogens (tertiary/aromatic N) is 1. The molecule has 0 saturated heterocycles. The minimum atomic E-state index is 0.0220. The van der Waals surface area contributed by atoms with Gasteiger partial charge in [-0.05, 0) is 37.3 Å². The van der Waals surface area contributed by atoms with E-state index >= 15 is 0 Å². The Balaban J connectivity index is 2.32. The molecule has 104 valence electrons. The normalized spacial score (nSPS) is 10.9. The molecule has 2 aromatic rings. The van der Waals surface area contributed by atoms with Crippen molar-refractivity contribution in [3.05, 3.63) is 52.0 Å². The maximum atomic E-state index is 9.74. The van der Waals surface area contributed by atoms with Gasteiger partial charge in [-0.1, -0.05) is 23.2 Å². The number of ether oxygens (including phenoxy) is 1. The first kappa shape index (κ1) is 14.7. The van der Waals surface area contributed by atoms with E-state index in [9.17, 15) is 5.11 Å². The molecule has 0 amide bonds. The maximum Gasteiger partial charge on any atom is 0.142 e. The number of phenolic OH excluding ortho intramolecular Hbond substituents is 1. The Kier molecular flexibility index (Phi) is 4.88. The van der Waals surface area contributed by atoms with Gasteiger partial charge in [0.15, 0.2) is 0 Å². The highest BCUT2D eigenvalue weighted by atomic mass is 35.5. The Morgan fingerprint density at radius 2 is 1.85 bits per heavy atom. The minimum absolute atomic E-state index is 0.0220. The molecule has 0 aliphatic carbocycles. The van der Waals surface area contributed by atoms with Gasteiger partial charge in [-0.2, -0.15) is 0 Å². The third-order valence-corrected chi connectivity index (χ3v) is 3.02. The fourth-order valence-electron chi connectivity index (χ4n) is 1.65. The van der Waals surface area contributed by atoms with Crippen LogP contribution in [0.3, 0.4) is 0 Å². The second-order valence-corrected chi connectivity index (χ2v) is 4.88. The Morgan fingerprint density at radius 1 is 1.15 bits per heavy atom. The number of hydrogen-bond donors (Lipinski definition) is 1. The SMILES string of the molecule is CCOc1ccc(Cl)cc1C=Nc1ccc(Cl)cc1O. The zero-order chi connectivity index (χ0) is 14.5. The molecule has 0 heterocycles. The molecule has 0 fully saturated rings. The van der Waals surface area contributed by atoms with Crippen LogP contribution in [0.15, 0.2) is 41.4 Å². The predicted molar refractivity (Wildman–Crippen MR) is 83.0 cm³/mol. The van der Waals surface area contributed by atoms with E-state index in [4.69, 9.17) is 27.9 Å². The predicted octanol–water partition coefficient (Wildman–Crippen LogP) is 4.85. The summed E-state index contributed by atoms with van der Waals surface area (Å²) in [6, 6.07) is 10.0. The lowest BCUT2D eigenvalue weighted by atomic mass is 10.2. The van der Waals surface area contributed by atoms with Gasteiger partial charge in [0.2, 0.25) is 0 Å². The van der Waals surface area contributed by atoms with E-state index in [1.807, 2.05) is 6.92 Å². The summed E-state index contributed by atoms with van der Waals surface area (Å²) in [4.78, 5) is 4.23. The first-order valence-corrected chi connectivity index (χ1v) is 6.80. The molecule has 0 aliphatic heterocycles. The van der Waals surface area contributed by atoms with Crippen molar-refractivity contribution in [1.82, 2.24) is 0 Å². The van der Waals surface area contributed by atoms with Crippen LogP contribution in [0.4, 0.5) is 5.69 Å². The van der Waals surface area contributed by atoms with Crippen molar-refractivity contribution >= 4 is 35.1 Å². The molecule has 2 aromatic carbocycles. The van der Waals surface area contributed by atoms with Crippen molar-refractivity contribution in [1.29, 1.82) is 0 Å². The van der Waals surface area contributed by atoms with Gasteiger partial charge in [0.05, 0.1) is 6.61 Å². The van der Waals surface area contributed by atoms with Crippen LogP contribution in [-0.4, -0.2) is 17.9 Å². The van der Waals surface area contributed by atoms with E-state index in [-0.39, 0.29) is 5.75 Å². The Bertz CT molecular complexity index is 642. The van der Waals surface area contributed by atoms with Crippen molar-refractivity contribution < 1.29 is 9.84 Å². The van der Waals surface area contributed by atoms with Crippen LogP contribution in [0.2, 0.25) is 10.0 Å². The summed E-state index contributed by atoms with van der Waals surface area (Å²) in [7, 11) is 0. The van der Waals surface area contributed by atoms with E-state index in [1.54, 1.807) is 36.5 Å². The largest absolute Gasteiger partial charge is 0.506 e. The summed E-state index contributed by atoms with van der Waals surface area (Å²) < 4.78 is 5.50. The first-order valence-electron chi connectivity index (χ1n) is 6.05. The number of rotatable bonds is 4. The van der Waals surface area contributed by atoms with Gasteiger partial charge in [0.25, 0.3) is 0 Å². The average Bonchev–Trinajstić information content (AvgIpc) is 2.41. The highest BCUT2D eigenvalue weighted by Gasteiger charge is 2.04. The molecule has 2 rings (SSSR count). The Hall–Kier alpha value is -1.71. The summed E-state index contributed by atoms with van der Waals surface area (Å²) in [6.07, 6.45) is 1.60. The van der Waals surface area contributed by atoms with Crippen molar-refractivity contribution in [2.45, 2.75) is 6.92 Å². The molecule has 0 unspecified atom stereocenters. The number of halogens is 2. The highest BCUT2D eigenvalue weighted by molar-refractivity contribution is 6.31. The minimum Gasteiger partial charge on any atom is -0.506 e. The zero-order valence-corrected chi connectivity index (χ0v) is 12.3. The second kappa shape index (κ2) is 6.64. The van der Waals surface area contributed by atoms with Crippen LogP contribution in [0.5, 0.6) is 11.5 Å². The Morgan fingerprint density at radius 3 is 2.55 bits per heavy atom. The highest BCUT2D eigenvalue weighted by Crippen LogP contribution is 2.30. The molecule has 0 atom stereocenters. The van der Waals surface area contributed by atoms with Crippen LogP contribution >= 0.6 is 23.2 Å². The average molecular weight is 310 g/mol. The summed E-state index contributed by atoms with van der Waals surface area (Å²) in [5.74, 6) is 0.711. The number of phenols is 1. The number of benzene rings is 2. The summed E-state index contributed by atoms with van der Waals surface area (Å²) in [6.45, 7) is 2.45. The fraction of sp³-hybridized carbons (Fsp3) is 0.133. The van der Waals surface area contributed by atoms with Crippen LogP contribution in [0, 0.1) is 0 Å². The standard InChI is InChI=1S/C15H13Cl2NO2/c1-2-20-15-6-4-11(16)7-10(15)9-18-13-5-3-12(17)8-14(13)19/h3-9,19H,2H2,1H3. The van der Waals surface area contributed by atoms with Gasteiger partial charge in [0, 0.05) is 27.9 Å². The van der Waals surface area contributed by atoms with Gasteiger partial charge >= 0.3 is 0 Å². The fourth-order valence-corrected chi connectivity index (χ4v) is 2.00. The molecule has 0 aromatic heterocycles. The molecule has 20 heavy (non-hydrogen) atoms. The van der Waals surface area contributed by atoms with E-state index in [0.717, 1.165) is 5.56 Å². The van der Waals surface area contributed by atoms with Crippen LogP contribution in [0.25, 0.3) is 0 Å². The molecule has 0 bridgehead atoms. The zero-order valence-electron chi connectivity index (χ0n) is 10.8. The molecule has 1 N–H and O–H groups in total. The monoisotopic (exact) mass is 309 g/mol. The topological polar surface area (TPSA) is 41.8 Å². The molecule has 3 nitrogen and oxygen atoms in total. The van der Waals surface area contributed by atoms with Gasteiger partial charge in [-0.25, -0.2) is 0 Å². The molecule has 5 heteroatoms. The van der Waals surface area contributed by atoms with E-state index < -0.39 is 0 Å². The Labute approximate surface area is 127 Å². The van der Waals surface area contributed by atoms with Crippen LogP contribution in [-0.2, 0) is 0 Å². The van der Waals surface area contributed by atoms with E-state index in [1.165, 1.54) is 6.07 Å². The number of hydrogen-bond acceptors (Lipinski definition) is 3. The molecular formula is C15H13Cl2NO2. The molecule has 0 spiro atoms. The first-order chi connectivity index (χ1) is 9.60. The van der Waals surface area contributed by atoms with Crippen molar-refractivity contribution in [2.75, 3.05) is 6.61 Å². The maximum absolute atomic E-state index is 9.74. The smallest absolute Gasteiger partial charge is 0.142 e. The number of aromatic hydroxyl groups is 1. The van der Waals surface area contributed by atoms with E-state index in [0.29, 0.717) is 28.1 Å². The van der Waals surface area contributed by atoms with Crippen molar-refractivity contribution in [3.63, 3.8) is 0 Å². The van der Waals surface area contributed by atoms with Gasteiger partial charge in [-0.15, -0.1) is 0 Å². The molecule has 0 radical (unpaired) electrons. The van der Waals surface area contributed by atoms with Crippen molar-refractivity contribution in [3.8, 4) is 11.5 Å². The molecule has 0 aliphatic rings. The summed E-state index contributed by atoms with van der Waals surface area (Å²) >= 11 is 11.7. The van der Waals surface area contributed by atoms with E-state index in [2.05, 4.69) is 4.99 Å².